The summed E-state index contributed by atoms with van der Waals surface area (Å²) < 4.78 is 52.3. The van der Waals surface area contributed by atoms with E-state index in [1.54, 1.807) is 0 Å². The summed E-state index contributed by atoms with van der Waals surface area (Å²) in [6.45, 7) is 0.671. The molecule has 2 aromatic heterocycles. The van der Waals surface area contributed by atoms with Crippen LogP contribution >= 0.6 is 7.82 Å². The van der Waals surface area contributed by atoms with Crippen molar-refractivity contribution in [2.75, 3.05) is 46.2 Å². The maximum atomic E-state index is 12.4. The van der Waals surface area contributed by atoms with Gasteiger partial charge in [-0.05, 0) is 0 Å². The smallest absolute Gasteiger partial charge is 0.394 e. The molecule has 282 valence electrons. The van der Waals surface area contributed by atoms with E-state index in [9.17, 15) is 49.2 Å². The summed E-state index contributed by atoms with van der Waals surface area (Å²) in [6.07, 6.45) is -7.93. The number of nitrogens with zero attached hydrogens (tertiary/aromatic N) is 4. The largest absolute Gasteiger partial charge is 0.470 e. The summed E-state index contributed by atoms with van der Waals surface area (Å²) in [6, 6.07) is -0.0225. The van der Waals surface area contributed by atoms with Gasteiger partial charge in [0.15, 0.2) is 12.5 Å². The molecule has 4 heterocycles. The van der Waals surface area contributed by atoms with Crippen molar-refractivity contribution in [2.45, 2.75) is 75.3 Å². The fourth-order valence-electron chi connectivity index (χ4n) is 5.18. The molecule has 0 aromatic carbocycles. The van der Waals surface area contributed by atoms with E-state index < -0.39 is 93.4 Å². The Bertz CT molecular complexity index is 1530. The number of nitrogens with one attached hydrogen (secondary N) is 2. The molecule has 2 aromatic rings. The number of phosphoric ester groups is 1. The second kappa shape index (κ2) is 18.5. The summed E-state index contributed by atoms with van der Waals surface area (Å²) in [7, 11) is -5.10. The van der Waals surface area contributed by atoms with Crippen molar-refractivity contribution >= 4 is 13.7 Å². The van der Waals surface area contributed by atoms with Crippen molar-refractivity contribution in [1.82, 2.24) is 29.9 Å². The topological polar surface area (TPSA) is 318 Å². The molecule has 50 heavy (non-hydrogen) atoms. The Morgan fingerprint density at radius 2 is 1.70 bits per heavy atom. The van der Waals surface area contributed by atoms with Gasteiger partial charge in [-0.2, -0.15) is 0 Å². The van der Waals surface area contributed by atoms with Crippen LogP contribution in [-0.2, 0) is 55.5 Å². The molecule has 0 radical (unpaired) electrons. The molecule has 0 bridgehead atoms. The van der Waals surface area contributed by atoms with Crippen LogP contribution in [0.15, 0.2) is 28.0 Å². The van der Waals surface area contributed by atoms with Crippen molar-refractivity contribution in [3.8, 4) is 0 Å². The highest BCUT2D eigenvalue weighted by Gasteiger charge is 2.50. The van der Waals surface area contributed by atoms with Crippen LogP contribution in [0.4, 0.5) is 0 Å². The Hall–Kier alpha value is -3.00. The van der Waals surface area contributed by atoms with E-state index in [0.717, 1.165) is 16.8 Å². The molecule has 0 saturated carbocycles. The normalized spacial score (nSPS) is 28.6. The van der Waals surface area contributed by atoms with Crippen LogP contribution in [0.5, 0.6) is 0 Å². The van der Waals surface area contributed by atoms with E-state index in [-0.39, 0.29) is 46.2 Å². The number of carbonyl (C=O) groups excluding carboxylic acids is 1. The van der Waals surface area contributed by atoms with Crippen molar-refractivity contribution in [3.63, 3.8) is 0 Å². The fraction of sp³-hybridized carbons (Fsp3) is 0.731. The molecule has 8 N–H and O–H groups in total. The van der Waals surface area contributed by atoms with Gasteiger partial charge in [0.25, 0.3) is 5.56 Å². The molecule has 2 fully saturated rings. The predicted octanol–water partition coefficient (Wildman–Crippen LogP) is -4.93. The van der Waals surface area contributed by atoms with E-state index in [4.69, 9.17) is 32.9 Å². The number of carbonyl (C=O) groups is 1. The van der Waals surface area contributed by atoms with Gasteiger partial charge in [0.2, 0.25) is 5.91 Å². The molecule has 0 spiro atoms. The average Bonchev–Trinajstić information content (AvgIpc) is 3.65. The summed E-state index contributed by atoms with van der Waals surface area (Å²) in [5.74, 6) is -0.471. The van der Waals surface area contributed by atoms with Gasteiger partial charge >= 0.3 is 13.5 Å². The number of aliphatic hydroxyl groups is 4. The average molecular weight is 741 g/mol. The molecule has 6 unspecified atom stereocenters. The molecule has 9 atom stereocenters. The number of hydrogen-bond donors (Lipinski definition) is 8. The Labute approximate surface area is 282 Å². The molecule has 0 aliphatic carbocycles. The maximum Gasteiger partial charge on any atom is 0.470 e. The van der Waals surface area contributed by atoms with Crippen LogP contribution < -0.4 is 16.6 Å². The highest BCUT2D eigenvalue weighted by atomic mass is 31.2. The van der Waals surface area contributed by atoms with Crippen molar-refractivity contribution in [1.29, 1.82) is 0 Å². The first-order valence-corrected chi connectivity index (χ1v) is 16.8. The van der Waals surface area contributed by atoms with Crippen molar-refractivity contribution < 1.29 is 72.5 Å². The standard InChI is InChI=1S/C26H41N6O17P/c1-14(35)27-19-21(38)20(37)16(11-33)48-25(19)45-9-8-44-7-6-43-5-4-31-10-15(29-30-31)13-46-23-22(49-50(40,41)42)17(12-34)47-24(23)32-3-2-18(36)28-26(32)39/h2-3,10,16-17,19-25,33-34,37-38H,4-9,11-13H2,1H3,(H,27,35)(H,28,36,39)(H2,40,41,42)/t16-,17-,19?,20?,21?,22?,23?,24-,25?/m1/s1. The van der Waals surface area contributed by atoms with Crippen molar-refractivity contribution in [2.24, 2.45) is 0 Å². The van der Waals surface area contributed by atoms with Gasteiger partial charge in [0.05, 0.1) is 65.6 Å². The number of H-pyrrole nitrogens is 1. The van der Waals surface area contributed by atoms with Gasteiger partial charge in [-0.15, -0.1) is 5.10 Å². The highest BCUT2D eigenvalue weighted by molar-refractivity contribution is 7.46. The van der Waals surface area contributed by atoms with Gasteiger partial charge < -0.3 is 64.0 Å². The van der Waals surface area contributed by atoms with Gasteiger partial charge in [0, 0.05) is 19.2 Å². The van der Waals surface area contributed by atoms with Crippen LogP contribution in [-0.4, -0.2) is 156 Å². The summed E-state index contributed by atoms with van der Waals surface area (Å²) >= 11 is 0. The lowest BCUT2D eigenvalue weighted by Crippen LogP contribution is -2.64. The molecule has 24 heteroatoms. The second-order valence-electron chi connectivity index (χ2n) is 11.1. The zero-order chi connectivity index (χ0) is 36.4. The first-order chi connectivity index (χ1) is 23.8. The van der Waals surface area contributed by atoms with E-state index in [1.165, 1.54) is 17.8 Å². The number of rotatable bonds is 19. The summed E-state index contributed by atoms with van der Waals surface area (Å²) in [4.78, 5) is 56.3. The van der Waals surface area contributed by atoms with Gasteiger partial charge in [-0.25, -0.2) is 14.0 Å². The summed E-state index contributed by atoms with van der Waals surface area (Å²) in [5, 5.41) is 49.9. The highest BCUT2D eigenvalue weighted by Crippen LogP contribution is 2.44. The quantitative estimate of drug-likeness (QED) is 0.0494. The Morgan fingerprint density at radius 3 is 2.36 bits per heavy atom. The van der Waals surface area contributed by atoms with Crippen molar-refractivity contribution in [3.05, 3.63) is 45.0 Å². The molecule has 23 nitrogen and oxygen atoms in total. The van der Waals surface area contributed by atoms with Crippen LogP contribution in [0, 0.1) is 0 Å². The molecule has 2 saturated heterocycles. The van der Waals surface area contributed by atoms with E-state index in [0.29, 0.717) is 5.69 Å². The van der Waals surface area contributed by atoms with Crippen LogP contribution in [0.2, 0.25) is 0 Å². The Balaban J connectivity index is 1.19. The molecule has 2 aliphatic rings. The molecular weight excluding hydrogens is 699 g/mol. The number of ether oxygens (including phenoxy) is 6. The number of hydrogen-bond acceptors (Lipinski definition) is 17. The summed E-state index contributed by atoms with van der Waals surface area (Å²) in [5.41, 5.74) is -1.29. The van der Waals surface area contributed by atoms with E-state index in [1.807, 2.05) is 4.98 Å². The number of aromatic amines is 1. The zero-order valence-electron chi connectivity index (χ0n) is 26.7. The van der Waals surface area contributed by atoms with Gasteiger partial charge in [0.1, 0.15) is 48.4 Å². The number of amides is 1. The second-order valence-corrected chi connectivity index (χ2v) is 12.3. The lowest BCUT2D eigenvalue weighted by Gasteiger charge is -2.42. The predicted molar refractivity (Wildman–Crippen MR) is 161 cm³/mol. The van der Waals surface area contributed by atoms with Crippen LogP contribution in [0.3, 0.4) is 0 Å². The SMILES string of the molecule is CC(=O)NC1C(OCCOCCOCCn2cc(COC3C(OP(=O)(O)O)[C@@H](CO)O[C@H]3n3ccc(=O)[nH]c3=O)nn2)O[C@H](CO)C(O)C1O. The lowest BCUT2D eigenvalue weighted by atomic mass is 9.97. The molecule has 1 amide bonds. The van der Waals surface area contributed by atoms with E-state index in [2.05, 4.69) is 15.6 Å². The third kappa shape index (κ3) is 11.0. The number of aromatic nitrogens is 5. The Morgan fingerprint density at radius 1 is 1.00 bits per heavy atom. The first-order valence-electron chi connectivity index (χ1n) is 15.3. The molecule has 4 rings (SSSR count). The number of phosphoric acid groups is 1. The maximum absolute atomic E-state index is 12.4. The molecular formula is C26H41N6O17P. The minimum atomic E-state index is -5.10. The van der Waals surface area contributed by atoms with Gasteiger partial charge in [-0.1, -0.05) is 5.21 Å². The van der Waals surface area contributed by atoms with Crippen LogP contribution in [0.1, 0.15) is 18.8 Å². The fourth-order valence-corrected chi connectivity index (χ4v) is 5.75. The monoisotopic (exact) mass is 740 g/mol. The Kier molecular flexibility index (Phi) is 14.7. The third-order valence-corrected chi connectivity index (χ3v) is 7.97. The number of aliphatic hydroxyl groups excluding tert-OH is 4. The molecule has 2 aliphatic heterocycles. The minimum absolute atomic E-state index is 0.00763. The minimum Gasteiger partial charge on any atom is -0.394 e. The van der Waals surface area contributed by atoms with E-state index >= 15 is 0 Å². The van der Waals surface area contributed by atoms with Gasteiger partial charge in [-0.3, -0.25) is 23.7 Å². The third-order valence-electron chi connectivity index (χ3n) is 7.46. The lowest BCUT2D eigenvalue weighted by molar-refractivity contribution is -0.272. The first kappa shape index (κ1) is 39.8. The van der Waals surface area contributed by atoms with Crippen LogP contribution in [0.25, 0.3) is 0 Å². The zero-order valence-corrected chi connectivity index (χ0v) is 27.6.